The average molecular weight is 260 g/mol. The van der Waals surface area contributed by atoms with E-state index in [0.717, 1.165) is 37.1 Å². The van der Waals surface area contributed by atoms with Crippen molar-refractivity contribution in [3.05, 3.63) is 30.0 Å². The minimum Gasteiger partial charge on any atom is -0.396 e. The van der Waals surface area contributed by atoms with Gasteiger partial charge in [-0.25, -0.2) is 0 Å². The predicted octanol–water partition coefficient (Wildman–Crippen LogP) is 1.90. The van der Waals surface area contributed by atoms with Crippen molar-refractivity contribution < 1.29 is 9.84 Å². The van der Waals surface area contributed by atoms with Crippen molar-refractivity contribution >= 4 is 10.9 Å². The molecule has 1 N–H and O–H groups in total. The van der Waals surface area contributed by atoms with Crippen molar-refractivity contribution in [2.75, 3.05) is 19.8 Å². The highest BCUT2D eigenvalue weighted by molar-refractivity contribution is 5.81. The van der Waals surface area contributed by atoms with Crippen LogP contribution in [0.15, 0.2) is 24.3 Å². The quantitative estimate of drug-likeness (QED) is 0.917. The van der Waals surface area contributed by atoms with Crippen LogP contribution in [0.2, 0.25) is 0 Å². The highest BCUT2D eigenvalue weighted by Gasteiger charge is 2.34. The Morgan fingerprint density at radius 3 is 3.00 bits per heavy atom. The van der Waals surface area contributed by atoms with Crippen LogP contribution in [0.1, 0.15) is 18.5 Å². The Morgan fingerprint density at radius 1 is 1.42 bits per heavy atom. The maximum Gasteiger partial charge on any atom is 0.0710 e. The van der Waals surface area contributed by atoms with Crippen LogP contribution < -0.4 is 0 Å². The van der Waals surface area contributed by atoms with Crippen LogP contribution in [0, 0.1) is 5.41 Å². The Balaban J connectivity index is 1.96. The third kappa shape index (κ3) is 2.26. The van der Waals surface area contributed by atoms with E-state index in [-0.39, 0.29) is 12.0 Å². The second-order valence-corrected chi connectivity index (χ2v) is 5.58. The molecule has 1 unspecified atom stereocenters. The number of para-hydroxylation sites is 1. The minimum atomic E-state index is -0.157. The molecule has 4 nitrogen and oxygen atoms in total. The van der Waals surface area contributed by atoms with Crippen molar-refractivity contribution in [2.45, 2.75) is 19.3 Å². The van der Waals surface area contributed by atoms with Gasteiger partial charge in [-0.15, -0.1) is 0 Å². The molecule has 1 aliphatic heterocycles. The highest BCUT2D eigenvalue weighted by Crippen LogP contribution is 2.33. The zero-order valence-electron chi connectivity index (χ0n) is 11.3. The first kappa shape index (κ1) is 12.6. The van der Waals surface area contributed by atoms with E-state index in [1.54, 1.807) is 0 Å². The number of rotatable bonds is 3. The summed E-state index contributed by atoms with van der Waals surface area (Å²) in [5, 5.41) is 15.6. The maximum atomic E-state index is 9.77. The number of aryl methyl sites for hydroxylation is 1. The summed E-state index contributed by atoms with van der Waals surface area (Å²) in [7, 11) is 1.97. The van der Waals surface area contributed by atoms with Crippen LogP contribution in [0.4, 0.5) is 0 Å². The van der Waals surface area contributed by atoms with Crippen LogP contribution in [-0.2, 0) is 18.2 Å². The Kier molecular flexibility index (Phi) is 3.29. The topological polar surface area (TPSA) is 47.3 Å². The smallest absolute Gasteiger partial charge is 0.0710 e. The number of ether oxygens (including phenoxy) is 1. The summed E-state index contributed by atoms with van der Waals surface area (Å²) in [4.78, 5) is 0. The van der Waals surface area contributed by atoms with Gasteiger partial charge in [-0.2, -0.15) is 5.10 Å². The van der Waals surface area contributed by atoms with Gasteiger partial charge in [0.15, 0.2) is 0 Å². The molecule has 1 atom stereocenters. The molecule has 4 heteroatoms. The number of hydrogen-bond donors (Lipinski definition) is 1. The Labute approximate surface area is 113 Å². The van der Waals surface area contributed by atoms with Crippen molar-refractivity contribution in [1.29, 1.82) is 0 Å². The molecular weight excluding hydrogens is 240 g/mol. The van der Waals surface area contributed by atoms with Crippen LogP contribution in [0.25, 0.3) is 10.9 Å². The van der Waals surface area contributed by atoms with Gasteiger partial charge >= 0.3 is 0 Å². The molecule has 102 valence electrons. The molecule has 0 spiro atoms. The van der Waals surface area contributed by atoms with Crippen LogP contribution >= 0.6 is 0 Å². The van der Waals surface area contributed by atoms with E-state index in [0.29, 0.717) is 6.61 Å². The predicted molar refractivity (Wildman–Crippen MR) is 74.0 cm³/mol. The lowest BCUT2D eigenvalue weighted by Crippen LogP contribution is -2.37. The van der Waals surface area contributed by atoms with Gasteiger partial charge in [0.25, 0.3) is 0 Å². The molecule has 0 saturated carbocycles. The summed E-state index contributed by atoms with van der Waals surface area (Å²) < 4.78 is 7.49. The molecule has 0 aliphatic carbocycles. The fourth-order valence-corrected chi connectivity index (χ4v) is 3.00. The van der Waals surface area contributed by atoms with Gasteiger partial charge in [-0.1, -0.05) is 18.2 Å². The summed E-state index contributed by atoms with van der Waals surface area (Å²) in [6, 6.07) is 8.25. The molecular formula is C15H20N2O2. The summed E-state index contributed by atoms with van der Waals surface area (Å²) in [5.41, 5.74) is 2.05. The molecule has 2 aromatic rings. The molecule has 3 rings (SSSR count). The van der Waals surface area contributed by atoms with Gasteiger partial charge in [0.2, 0.25) is 0 Å². The van der Waals surface area contributed by atoms with E-state index in [1.165, 1.54) is 5.39 Å². The third-order valence-corrected chi connectivity index (χ3v) is 4.12. The van der Waals surface area contributed by atoms with Crippen molar-refractivity contribution in [2.24, 2.45) is 12.5 Å². The van der Waals surface area contributed by atoms with Crippen LogP contribution in [-0.4, -0.2) is 34.7 Å². The van der Waals surface area contributed by atoms with Gasteiger partial charge in [-0.05, 0) is 18.9 Å². The third-order valence-electron chi connectivity index (χ3n) is 4.12. The number of fused-ring (bicyclic) bond motifs is 1. The SMILES string of the molecule is Cn1nc(CC2(CO)CCCOC2)c2ccccc21. The van der Waals surface area contributed by atoms with Crippen molar-refractivity contribution in [3.63, 3.8) is 0 Å². The molecule has 0 radical (unpaired) electrons. The van der Waals surface area contributed by atoms with E-state index in [9.17, 15) is 5.11 Å². The fourth-order valence-electron chi connectivity index (χ4n) is 3.00. The molecule has 19 heavy (non-hydrogen) atoms. The van der Waals surface area contributed by atoms with E-state index >= 15 is 0 Å². The number of aliphatic hydroxyl groups excluding tert-OH is 1. The molecule has 0 amide bonds. The maximum absolute atomic E-state index is 9.77. The summed E-state index contributed by atoms with van der Waals surface area (Å²) >= 11 is 0. The Bertz CT molecular complexity index is 571. The standard InChI is InChI=1S/C15H20N2O2/c1-17-14-6-3-2-5-12(14)13(16-17)9-15(10-18)7-4-8-19-11-15/h2-3,5-6,18H,4,7-11H2,1H3. The van der Waals surface area contributed by atoms with Gasteiger partial charge in [0.05, 0.1) is 24.4 Å². The van der Waals surface area contributed by atoms with Crippen molar-refractivity contribution in [1.82, 2.24) is 9.78 Å². The molecule has 1 saturated heterocycles. The lowest BCUT2D eigenvalue weighted by Gasteiger charge is -2.34. The van der Waals surface area contributed by atoms with Gasteiger partial charge < -0.3 is 9.84 Å². The number of hydrogen-bond acceptors (Lipinski definition) is 3. The molecule has 1 aromatic heterocycles. The molecule has 1 aliphatic rings. The van der Waals surface area contributed by atoms with Crippen molar-refractivity contribution in [3.8, 4) is 0 Å². The largest absolute Gasteiger partial charge is 0.396 e. The molecule has 2 heterocycles. The zero-order chi connectivity index (χ0) is 13.3. The lowest BCUT2D eigenvalue weighted by atomic mass is 9.79. The summed E-state index contributed by atoms with van der Waals surface area (Å²) in [5.74, 6) is 0. The first-order valence-corrected chi connectivity index (χ1v) is 6.83. The van der Waals surface area contributed by atoms with Crippen LogP contribution in [0.5, 0.6) is 0 Å². The monoisotopic (exact) mass is 260 g/mol. The van der Waals surface area contributed by atoms with E-state index in [4.69, 9.17) is 4.74 Å². The first-order chi connectivity index (χ1) is 9.24. The number of aliphatic hydroxyl groups is 1. The first-order valence-electron chi connectivity index (χ1n) is 6.83. The van der Waals surface area contributed by atoms with E-state index in [2.05, 4.69) is 17.2 Å². The second-order valence-electron chi connectivity index (χ2n) is 5.58. The zero-order valence-corrected chi connectivity index (χ0v) is 11.3. The Morgan fingerprint density at radius 2 is 2.26 bits per heavy atom. The van der Waals surface area contributed by atoms with Gasteiger partial charge in [0, 0.05) is 30.9 Å². The van der Waals surface area contributed by atoms with Gasteiger partial charge in [-0.3, -0.25) is 4.68 Å². The molecule has 1 fully saturated rings. The second kappa shape index (κ2) is 4.94. The lowest BCUT2D eigenvalue weighted by molar-refractivity contribution is -0.0382. The number of nitrogens with zero attached hydrogens (tertiary/aromatic N) is 2. The van der Waals surface area contributed by atoms with E-state index < -0.39 is 0 Å². The summed E-state index contributed by atoms with van der Waals surface area (Å²) in [6.45, 7) is 1.61. The fraction of sp³-hybridized carbons (Fsp3) is 0.533. The molecule has 0 bridgehead atoms. The number of aromatic nitrogens is 2. The normalized spacial score (nSPS) is 23.9. The Hall–Kier alpha value is -1.39. The highest BCUT2D eigenvalue weighted by atomic mass is 16.5. The van der Waals surface area contributed by atoms with Crippen LogP contribution in [0.3, 0.4) is 0 Å². The molecule has 1 aromatic carbocycles. The summed E-state index contributed by atoms with van der Waals surface area (Å²) in [6.07, 6.45) is 2.81. The van der Waals surface area contributed by atoms with Gasteiger partial charge in [0.1, 0.15) is 0 Å². The van der Waals surface area contributed by atoms with E-state index in [1.807, 2.05) is 23.9 Å². The number of benzene rings is 1. The minimum absolute atomic E-state index is 0.157. The average Bonchev–Trinajstić information content (AvgIpc) is 2.77.